The minimum atomic E-state index is -1.04. The first kappa shape index (κ1) is 22.5. The number of rotatable bonds is 4. The van der Waals surface area contributed by atoms with Crippen molar-refractivity contribution in [2.45, 2.75) is 51.4 Å². The number of ether oxygens (including phenoxy) is 3. The third kappa shape index (κ3) is 3.96. The van der Waals surface area contributed by atoms with Crippen LogP contribution in [0.25, 0.3) is 0 Å². The fourth-order valence-corrected chi connectivity index (χ4v) is 8.93. The van der Waals surface area contributed by atoms with Gasteiger partial charge in [0.05, 0.1) is 5.02 Å². The van der Waals surface area contributed by atoms with E-state index in [1.54, 1.807) is 0 Å². The van der Waals surface area contributed by atoms with E-state index in [4.69, 9.17) is 25.8 Å². The molecule has 0 amide bonds. The third-order valence-electron chi connectivity index (χ3n) is 7.71. The predicted octanol–water partition coefficient (Wildman–Crippen LogP) is 5.79. The average molecular weight is 593 g/mol. The van der Waals surface area contributed by atoms with Crippen molar-refractivity contribution in [1.82, 2.24) is 0 Å². The van der Waals surface area contributed by atoms with Gasteiger partial charge in [0.15, 0.2) is 3.51 Å². The molecule has 1 spiro atoms. The van der Waals surface area contributed by atoms with E-state index in [0.717, 1.165) is 40.4 Å². The summed E-state index contributed by atoms with van der Waals surface area (Å²) in [5.74, 6) is 0.385. The standard InChI is InChI=1S/C27H26ClIO5/c1-15-5-6-23(22(28)7-15)32-14-16-3-2-4-21(13-16)29-24-25(30)33-27(34-26(24)31)19-9-17-8-18(11-19)12-20(27)10-17/h2-7,13,17-20H,8-12,14H2,1H3. The lowest BCUT2D eigenvalue weighted by Gasteiger charge is -2.59. The van der Waals surface area contributed by atoms with Crippen molar-refractivity contribution in [2.24, 2.45) is 23.7 Å². The number of halogens is 2. The second-order valence-corrected chi connectivity index (χ2v) is 13.3. The first-order valence-electron chi connectivity index (χ1n) is 11.9. The molecule has 7 heteroatoms. The average Bonchev–Trinajstić information content (AvgIpc) is 2.79. The van der Waals surface area contributed by atoms with Gasteiger partial charge < -0.3 is 14.2 Å². The lowest BCUT2D eigenvalue weighted by atomic mass is 9.53. The van der Waals surface area contributed by atoms with Crippen LogP contribution in [0, 0.1) is 34.2 Å². The number of carbonyl (C=O) groups excluding carboxylic acids is 2. The van der Waals surface area contributed by atoms with Crippen molar-refractivity contribution in [3.63, 3.8) is 0 Å². The molecule has 0 N–H and O–H groups in total. The molecule has 2 aromatic carbocycles. The summed E-state index contributed by atoms with van der Waals surface area (Å²) in [5, 5.41) is 0.575. The first-order valence-corrected chi connectivity index (χ1v) is 14.4. The van der Waals surface area contributed by atoms with Crippen LogP contribution in [-0.4, -0.2) is 21.2 Å². The third-order valence-corrected chi connectivity index (χ3v) is 10.7. The molecule has 2 aromatic rings. The summed E-state index contributed by atoms with van der Waals surface area (Å²) < 4.78 is 19.1. The van der Waals surface area contributed by atoms with Crippen LogP contribution in [0.15, 0.2) is 42.5 Å². The van der Waals surface area contributed by atoms with Gasteiger partial charge in [-0.2, -0.15) is 0 Å². The molecule has 5 fully saturated rings. The van der Waals surface area contributed by atoms with E-state index in [0.29, 0.717) is 29.2 Å². The van der Waals surface area contributed by atoms with Gasteiger partial charge in [0, 0.05) is 15.4 Å². The molecule has 0 unspecified atom stereocenters. The van der Waals surface area contributed by atoms with Crippen molar-refractivity contribution in [1.29, 1.82) is 0 Å². The molecule has 178 valence electrons. The van der Waals surface area contributed by atoms with Crippen LogP contribution in [0.1, 0.15) is 43.2 Å². The molecule has 1 heterocycles. The van der Waals surface area contributed by atoms with Gasteiger partial charge in [-0.15, -0.1) is 0 Å². The minimum Gasteiger partial charge on any atom is -0.487 e. The quantitative estimate of drug-likeness (QED) is 0.332. The zero-order valence-corrected chi connectivity index (χ0v) is 21.8. The molecule has 5 aliphatic rings. The highest BCUT2D eigenvalue weighted by Gasteiger charge is 2.64. The highest BCUT2D eigenvalue weighted by Crippen LogP contribution is 2.60. The smallest absolute Gasteiger partial charge is 0.354 e. The Morgan fingerprint density at radius 3 is 2.29 bits per heavy atom. The summed E-state index contributed by atoms with van der Waals surface area (Å²) in [4.78, 5) is 26.2. The maximum atomic E-state index is 13.1. The van der Waals surface area contributed by atoms with Gasteiger partial charge in [-0.05, 0) is 86.3 Å². The molecule has 34 heavy (non-hydrogen) atoms. The van der Waals surface area contributed by atoms with Crippen LogP contribution in [0.2, 0.25) is 5.02 Å². The van der Waals surface area contributed by atoms with Crippen molar-refractivity contribution in [3.8, 4) is 5.75 Å². The zero-order valence-electron chi connectivity index (χ0n) is 18.9. The summed E-state index contributed by atoms with van der Waals surface area (Å²) in [7, 11) is 0. The van der Waals surface area contributed by atoms with Crippen LogP contribution in [0.3, 0.4) is 0 Å². The van der Waals surface area contributed by atoms with E-state index >= 15 is 0 Å². The van der Waals surface area contributed by atoms with Crippen LogP contribution in [0.4, 0.5) is 0 Å². The minimum absolute atomic E-state index is 0.158. The number of hydrogen-bond acceptors (Lipinski definition) is 5. The van der Waals surface area contributed by atoms with E-state index in [1.807, 2.05) is 49.4 Å². The van der Waals surface area contributed by atoms with E-state index < -0.39 is 38.5 Å². The second-order valence-electron chi connectivity index (χ2n) is 10.1. The summed E-state index contributed by atoms with van der Waals surface area (Å²) in [6.45, 7) is 2.33. The topological polar surface area (TPSA) is 61.8 Å². The fraction of sp³-hybridized carbons (Fsp3) is 0.444. The van der Waals surface area contributed by atoms with Gasteiger partial charge in [0.25, 0.3) is 5.79 Å². The molecule has 1 saturated heterocycles. The Labute approximate surface area is 213 Å². The van der Waals surface area contributed by atoms with Gasteiger partial charge >= 0.3 is 11.9 Å². The summed E-state index contributed by atoms with van der Waals surface area (Å²) in [6.07, 6.45) is 5.30. The molecular weight excluding hydrogens is 567 g/mol. The SMILES string of the molecule is Cc1ccc(OCc2cccc(I=C3C(=O)OC4(OC3=O)C3CC5CC(C3)CC4C5)c2)c(Cl)c1. The van der Waals surface area contributed by atoms with Gasteiger partial charge in [0.1, 0.15) is 12.4 Å². The van der Waals surface area contributed by atoms with Gasteiger partial charge in [-0.1, -0.05) is 50.5 Å². The van der Waals surface area contributed by atoms with Gasteiger partial charge in [-0.25, -0.2) is 9.59 Å². The maximum absolute atomic E-state index is 13.1. The van der Waals surface area contributed by atoms with Crippen molar-refractivity contribution < 1.29 is 23.8 Å². The summed E-state index contributed by atoms with van der Waals surface area (Å²) in [5.41, 5.74) is 2.02. The van der Waals surface area contributed by atoms with Crippen molar-refractivity contribution >= 4 is 47.8 Å². The fourth-order valence-electron chi connectivity index (χ4n) is 6.41. The monoisotopic (exact) mass is 592 g/mol. The maximum Gasteiger partial charge on any atom is 0.354 e. The Kier molecular flexibility index (Phi) is 5.72. The number of benzene rings is 2. The molecule has 1 aliphatic heterocycles. The molecule has 0 aromatic heterocycles. The Morgan fingerprint density at radius 1 is 0.971 bits per heavy atom. The van der Waals surface area contributed by atoms with Crippen molar-refractivity contribution in [3.05, 3.63) is 62.2 Å². The largest absolute Gasteiger partial charge is 0.487 e. The van der Waals surface area contributed by atoms with E-state index in [1.165, 1.54) is 6.42 Å². The van der Waals surface area contributed by atoms with E-state index in [9.17, 15) is 9.59 Å². The normalized spacial score (nSPS) is 31.5. The van der Waals surface area contributed by atoms with Crippen molar-refractivity contribution in [2.75, 3.05) is 0 Å². The molecule has 4 saturated carbocycles. The molecule has 7 rings (SSSR count). The van der Waals surface area contributed by atoms with Gasteiger partial charge in [-0.3, -0.25) is 0 Å². The molecule has 4 bridgehead atoms. The highest BCUT2D eigenvalue weighted by atomic mass is 127. The highest BCUT2D eigenvalue weighted by molar-refractivity contribution is 14.2. The molecule has 5 nitrogen and oxygen atoms in total. The predicted molar refractivity (Wildman–Crippen MR) is 137 cm³/mol. The Bertz CT molecular complexity index is 1160. The lowest BCUT2D eigenvalue weighted by Crippen LogP contribution is -2.65. The molecule has 4 aliphatic carbocycles. The first-order chi connectivity index (χ1) is 16.4. The van der Waals surface area contributed by atoms with Crippen LogP contribution < -0.4 is 4.74 Å². The lowest BCUT2D eigenvalue weighted by molar-refractivity contribution is -0.308. The van der Waals surface area contributed by atoms with Crippen LogP contribution in [0.5, 0.6) is 5.75 Å². The summed E-state index contributed by atoms with van der Waals surface area (Å²) >= 11 is 5.23. The zero-order chi connectivity index (χ0) is 23.4. The number of aryl methyl sites for hydroxylation is 1. The molecule has 0 radical (unpaired) electrons. The molecule has 0 atom stereocenters. The van der Waals surface area contributed by atoms with Crippen LogP contribution in [-0.2, 0) is 25.7 Å². The molecular formula is C27H26ClIO5. The number of carbonyl (C=O) groups is 2. The van der Waals surface area contributed by atoms with E-state index in [-0.39, 0.29) is 15.3 Å². The summed E-state index contributed by atoms with van der Waals surface area (Å²) in [6, 6.07) is 13.5. The Hall–Kier alpha value is -1.93. The second kappa shape index (κ2) is 8.63. The van der Waals surface area contributed by atoms with E-state index in [2.05, 4.69) is 0 Å². The van der Waals surface area contributed by atoms with Gasteiger partial charge in [0.2, 0.25) is 0 Å². The Balaban J connectivity index is 1.19. The number of esters is 2. The Morgan fingerprint density at radius 2 is 1.65 bits per heavy atom. The number of hydrogen-bond donors (Lipinski definition) is 0. The van der Waals surface area contributed by atoms with Crippen LogP contribution >= 0.6 is 32.3 Å².